The largest absolute Gasteiger partial charge is 0.489 e. The van der Waals surface area contributed by atoms with Crippen LogP contribution in [0.4, 0.5) is 0 Å². The van der Waals surface area contributed by atoms with Crippen LogP contribution >= 0.6 is 6.72 Å². The van der Waals surface area contributed by atoms with E-state index >= 15 is 0 Å². The molecular formula is C16H19O3PS. The molecule has 21 heavy (non-hydrogen) atoms. The second-order valence-corrected chi connectivity index (χ2v) is 9.66. The Kier molecular flexibility index (Phi) is 2.64. The lowest BCUT2D eigenvalue weighted by Crippen LogP contribution is -2.31. The minimum atomic E-state index is -2.74. The van der Waals surface area contributed by atoms with Crippen LogP contribution in [0.1, 0.15) is 33.6 Å². The molecule has 3 aliphatic rings. The van der Waals surface area contributed by atoms with Crippen LogP contribution in [-0.2, 0) is 20.9 Å². The van der Waals surface area contributed by atoms with E-state index < -0.39 is 6.72 Å². The molecule has 4 rings (SSSR count). The van der Waals surface area contributed by atoms with Crippen LogP contribution in [0.25, 0.3) is 0 Å². The number of hydrogen-bond donors (Lipinski definition) is 0. The lowest BCUT2D eigenvalue weighted by atomic mass is 9.70. The van der Waals surface area contributed by atoms with Gasteiger partial charge in [0.25, 0.3) is 0 Å². The second-order valence-electron chi connectivity index (χ2n) is 6.87. The van der Waals surface area contributed by atoms with Gasteiger partial charge in [0, 0.05) is 23.1 Å². The van der Waals surface area contributed by atoms with E-state index in [0.717, 1.165) is 24.4 Å². The highest BCUT2D eigenvalue weighted by Gasteiger charge is 2.67. The summed E-state index contributed by atoms with van der Waals surface area (Å²) in [5, 5.41) is 0. The molecule has 112 valence electrons. The molecule has 1 aliphatic heterocycles. The fourth-order valence-electron chi connectivity index (χ4n) is 3.95. The SMILES string of the molecule is CC12CCC(C3=C1OP(=S)(Oc1ccccc1)O3)C2(C)C. The molecule has 1 heterocycles. The summed E-state index contributed by atoms with van der Waals surface area (Å²) in [6.45, 7) is 4.13. The Labute approximate surface area is 130 Å². The molecule has 0 saturated heterocycles. The molecule has 3 unspecified atom stereocenters. The first-order valence-corrected chi connectivity index (χ1v) is 9.90. The summed E-state index contributed by atoms with van der Waals surface area (Å²) in [5.41, 5.74) is 0.193. The van der Waals surface area contributed by atoms with Crippen molar-refractivity contribution in [1.82, 2.24) is 0 Å². The Balaban J connectivity index is 1.63. The number of para-hydroxylation sites is 1. The van der Waals surface area contributed by atoms with Crippen LogP contribution in [0.3, 0.4) is 0 Å². The number of rotatable bonds is 2. The van der Waals surface area contributed by atoms with E-state index in [1.807, 2.05) is 30.3 Å². The van der Waals surface area contributed by atoms with Crippen LogP contribution < -0.4 is 4.52 Å². The number of allylic oxidation sites excluding steroid dienone is 2. The molecule has 3 atom stereocenters. The molecule has 0 N–H and O–H groups in total. The lowest BCUT2D eigenvalue weighted by Gasteiger charge is -2.36. The summed E-state index contributed by atoms with van der Waals surface area (Å²) in [7, 11) is 0. The Bertz CT molecular complexity index is 682. The summed E-state index contributed by atoms with van der Waals surface area (Å²) in [5.74, 6) is 3.04. The quantitative estimate of drug-likeness (QED) is 0.716. The predicted molar refractivity (Wildman–Crippen MR) is 85.2 cm³/mol. The van der Waals surface area contributed by atoms with Crippen LogP contribution in [0.15, 0.2) is 41.9 Å². The molecule has 2 bridgehead atoms. The maximum atomic E-state index is 6.11. The smallest absolute Gasteiger partial charge is 0.408 e. The molecule has 1 aromatic rings. The first-order valence-electron chi connectivity index (χ1n) is 7.34. The van der Waals surface area contributed by atoms with Gasteiger partial charge in [-0.1, -0.05) is 39.0 Å². The maximum absolute atomic E-state index is 6.11. The highest BCUT2D eigenvalue weighted by molar-refractivity contribution is 8.07. The highest BCUT2D eigenvalue weighted by Crippen LogP contribution is 2.76. The van der Waals surface area contributed by atoms with Crippen LogP contribution in [0.5, 0.6) is 5.75 Å². The first kappa shape index (κ1) is 13.7. The van der Waals surface area contributed by atoms with Gasteiger partial charge in [-0.3, -0.25) is 0 Å². The average Bonchev–Trinajstić information content (AvgIpc) is 2.93. The molecule has 2 aliphatic carbocycles. The van der Waals surface area contributed by atoms with Gasteiger partial charge in [-0.15, -0.1) is 0 Å². The van der Waals surface area contributed by atoms with Gasteiger partial charge in [0.1, 0.15) is 5.75 Å². The standard InChI is InChI=1S/C16H19O3PS/c1-15(2)12-9-10-16(15,3)14-13(12)18-20(21,19-14)17-11-7-5-4-6-8-11/h4-8,12H,9-10H2,1-3H3. The molecule has 5 heteroatoms. The molecule has 0 aromatic heterocycles. The van der Waals surface area contributed by atoms with Gasteiger partial charge in [0.15, 0.2) is 11.5 Å². The summed E-state index contributed by atoms with van der Waals surface area (Å²) in [6, 6.07) is 9.54. The van der Waals surface area contributed by atoms with Gasteiger partial charge >= 0.3 is 6.72 Å². The van der Waals surface area contributed by atoms with E-state index in [4.69, 9.17) is 25.4 Å². The summed E-state index contributed by atoms with van der Waals surface area (Å²) in [4.78, 5) is 0. The number of fused-ring (bicyclic) bond motifs is 4. The van der Waals surface area contributed by atoms with Crippen molar-refractivity contribution in [2.24, 2.45) is 16.7 Å². The van der Waals surface area contributed by atoms with Crippen LogP contribution in [0.2, 0.25) is 0 Å². The zero-order chi connectivity index (χ0) is 14.9. The minimum absolute atomic E-state index is 0.0214. The molecule has 3 nitrogen and oxygen atoms in total. The van der Waals surface area contributed by atoms with Crippen LogP contribution in [0, 0.1) is 16.7 Å². The molecule has 0 radical (unpaired) electrons. The summed E-state index contributed by atoms with van der Waals surface area (Å²) >= 11 is 5.56. The van der Waals surface area contributed by atoms with Crippen molar-refractivity contribution in [3.8, 4) is 5.75 Å². The Morgan fingerprint density at radius 1 is 1.19 bits per heavy atom. The number of hydrogen-bond acceptors (Lipinski definition) is 4. The monoisotopic (exact) mass is 322 g/mol. The Morgan fingerprint density at radius 2 is 1.90 bits per heavy atom. The van der Waals surface area contributed by atoms with Crippen molar-refractivity contribution in [2.75, 3.05) is 0 Å². The Morgan fingerprint density at radius 3 is 2.57 bits per heavy atom. The molecule has 0 spiro atoms. The fourth-order valence-corrected chi connectivity index (χ4v) is 6.13. The van der Waals surface area contributed by atoms with Crippen molar-refractivity contribution >= 4 is 18.5 Å². The normalized spacial score (nSPS) is 38.9. The van der Waals surface area contributed by atoms with Crippen molar-refractivity contribution in [3.63, 3.8) is 0 Å². The topological polar surface area (TPSA) is 27.7 Å². The van der Waals surface area contributed by atoms with E-state index in [-0.39, 0.29) is 10.8 Å². The van der Waals surface area contributed by atoms with Crippen molar-refractivity contribution in [1.29, 1.82) is 0 Å². The molecular weight excluding hydrogens is 303 g/mol. The van der Waals surface area contributed by atoms with E-state index in [1.165, 1.54) is 0 Å². The van der Waals surface area contributed by atoms with E-state index in [1.54, 1.807) is 0 Å². The van der Waals surface area contributed by atoms with Gasteiger partial charge in [0.2, 0.25) is 0 Å². The zero-order valence-corrected chi connectivity index (χ0v) is 14.2. The lowest BCUT2D eigenvalue weighted by molar-refractivity contribution is 0.116. The summed E-state index contributed by atoms with van der Waals surface area (Å²) in [6.07, 6.45) is 2.28. The second kappa shape index (κ2) is 4.05. The van der Waals surface area contributed by atoms with E-state index in [0.29, 0.717) is 11.7 Å². The van der Waals surface area contributed by atoms with Crippen molar-refractivity contribution < 1.29 is 13.6 Å². The maximum Gasteiger partial charge on any atom is 0.489 e. The van der Waals surface area contributed by atoms with E-state index in [2.05, 4.69) is 20.8 Å². The molecule has 1 saturated carbocycles. The van der Waals surface area contributed by atoms with Gasteiger partial charge in [-0.25, -0.2) is 0 Å². The first-order chi connectivity index (χ1) is 9.86. The predicted octanol–water partition coefficient (Wildman–Crippen LogP) is 5.00. The van der Waals surface area contributed by atoms with Gasteiger partial charge in [-0.05, 0) is 30.4 Å². The van der Waals surface area contributed by atoms with E-state index in [9.17, 15) is 0 Å². The molecule has 1 aromatic carbocycles. The Hall–Kier alpha value is -0.990. The average molecular weight is 322 g/mol. The zero-order valence-electron chi connectivity index (χ0n) is 12.5. The van der Waals surface area contributed by atoms with Crippen molar-refractivity contribution in [2.45, 2.75) is 33.6 Å². The van der Waals surface area contributed by atoms with Gasteiger partial charge < -0.3 is 13.6 Å². The third-order valence-electron chi connectivity index (χ3n) is 5.64. The van der Waals surface area contributed by atoms with Gasteiger partial charge in [-0.2, -0.15) is 0 Å². The third kappa shape index (κ3) is 1.69. The molecule has 0 amide bonds. The highest BCUT2D eigenvalue weighted by atomic mass is 32.5. The van der Waals surface area contributed by atoms with Crippen LogP contribution in [-0.4, -0.2) is 0 Å². The fraction of sp³-hybridized carbons (Fsp3) is 0.500. The van der Waals surface area contributed by atoms with Gasteiger partial charge in [0.05, 0.1) is 0 Å². The summed E-state index contributed by atoms with van der Waals surface area (Å²) < 4.78 is 18.1. The molecule has 1 fully saturated rings. The minimum Gasteiger partial charge on any atom is -0.408 e. The number of benzene rings is 1. The third-order valence-corrected chi connectivity index (χ3v) is 7.57. The van der Waals surface area contributed by atoms with Crippen molar-refractivity contribution in [3.05, 3.63) is 41.9 Å².